The molecule has 0 amide bonds. The van der Waals surface area contributed by atoms with Gasteiger partial charge in [0.05, 0.1) is 6.10 Å². The molecule has 0 heterocycles. The number of hydrogen-bond donors (Lipinski definition) is 3. The highest BCUT2D eigenvalue weighted by molar-refractivity contribution is 5.44. The van der Waals surface area contributed by atoms with E-state index in [9.17, 15) is 10.2 Å². The van der Waals surface area contributed by atoms with E-state index in [2.05, 4.69) is 31.3 Å². The van der Waals surface area contributed by atoms with Crippen molar-refractivity contribution in [3.63, 3.8) is 0 Å². The summed E-state index contributed by atoms with van der Waals surface area (Å²) >= 11 is 0. The van der Waals surface area contributed by atoms with Crippen LogP contribution >= 0.6 is 0 Å². The monoisotopic (exact) mass is 307 g/mol. The van der Waals surface area contributed by atoms with Gasteiger partial charge in [-0.1, -0.05) is 12.1 Å². The zero-order valence-electron chi connectivity index (χ0n) is 13.9. The fraction of sp³-hybridized carbons (Fsp3) is 0.667. The van der Waals surface area contributed by atoms with E-state index in [1.54, 1.807) is 0 Å². The molecule has 2 rings (SSSR count). The van der Waals surface area contributed by atoms with Crippen LogP contribution in [0.2, 0.25) is 0 Å². The van der Waals surface area contributed by atoms with Gasteiger partial charge in [0.2, 0.25) is 0 Å². The zero-order valence-corrected chi connectivity index (χ0v) is 13.9. The smallest absolute Gasteiger partial charge is 0.125 e. The Kier molecular flexibility index (Phi) is 6.24. The van der Waals surface area contributed by atoms with Crippen LogP contribution in [-0.2, 0) is 0 Å². The van der Waals surface area contributed by atoms with E-state index in [0.29, 0.717) is 19.2 Å². The summed E-state index contributed by atoms with van der Waals surface area (Å²) in [6, 6.07) is 4.54. The lowest BCUT2D eigenvalue weighted by Gasteiger charge is -2.27. The molecular weight excluding hydrogens is 278 g/mol. The van der Waals surface area contributed by atoms with Gasteiger partial charge in [-0.15, -0.1) is 0 Å². The first-order valence-electron chi connectivity index (χ1n) is 8.26. The molecule has 4 nitrogen and oxygen atoms in total. The predicted octanol–water partition coefficient (Wildman–Crippen LogP) is 2.24. The molecule has 3 N–H and O–H groups in total. The maximum absolute atomic E-state index is 10.1. The Morgan fingerprint density at radius 2 is 1.77 bits per heavy atom. The lowest BCUT2D eigenvalue weighted by atomic mass is 9.93. The molecule has 1 atom stereocenters. The SMILES string of the molecule is Cc1ccc(C)c(OC[C@H](O)CNC2CCC(O)CC2)c1C. The number of aliphatic hydroxyl groups excluding tert-OH is 2. The molecule has 1 aromatic rings. The Balaban J connectivity index is 1.76. The van der Waals surface area contributed by atoms with Crippen LogP contribution in [-0.4, -0.2) is 41.6 Å². The van der Waals surface area contributed by atoms with Crippen molar-refractivity contribution in [2.24, 2.45) is 0 Å². The van der Waals surface area contributed by atoms with Crippen LogP contribution in [0.15, 0.2) is 12.1 Å². The molecule has 1 aliphatic rings. The average molecular weight is 307 g/mol. The molecule has 0 saturated heterocycles. The second kappa shape index (κ2) is 7.95. The second-order valence-corrected chi connectivity index (χ2v) is 6.53. The van der Waals surface area contributed by atoms with Gasteiger partial charge in [0.15, 0.2) is 0 Å². The standard InChI is InChI=1S/C18H29NO3/c1-12-4-5-13(2)18(14(12)3)22-11-17(21)10-19-15-6-8-16(20)9-7-15/h4-5,15-17,19-21H,6-11H2,1-3H3/t15?,16?,17-/m1/s1. The molecule has 0 bridgehead atoms. The maximum Gasteiger partial charge on any atom is 0.125 e. The summed E-state index contributed by atoms with van der Waals surface area (Å²) in [4.78, 5) is 0. The fourth-order valence-corrected chi connectivity index (χ4v) is 2.97. The van der Waals surface area contributed by atoms with E-state index in [4.69, 9.17) is 4.74 Å². The van der Waals surface area contributed by atoms with Gasteiger partial charge in [-0.25, -0.2) is 0 Å². The zero-order chi connectivity index (χ0) is 16.1. The summed E-state index contributed by atoms with van der Waals surface area (Å²) in [6.07, 6.45) is 3.00. The molecular formula is C18H29NO3. The van der Waals surface area contributed by atoms with E-state index in [1.807, 2.05) is 6.92 Å². The lowest BCUT2D eigenvalue weighted by molar-refractivity contribution is 0.0897. The Morgan fingerprint density at radius 3 is 2.45 bits per heavy atom. The molecule has 124 valence electrons. The predicted molar refractivity (Wildman–Crippen MR) is 88.4 cm³/mol. The summed E-state index contributed by atoms with van der Waals surface area (Å²) in [5.41, 5.74) is 3.44. The van der Waals surface area contributed by atoms with Crippen molar-refractivity contribution < 1.29 is 14.9 Å². The highest BCUT2D eigenvalue weighted by Gasteiger charge is 2.19. The second-order valence-electron chi connectivity index (χ2n) is 6.53. The first-order valence-corrected chi connectivity index (χ1v) is 8.26. The quantitative estimate of drug-likeness (QED) is 0.754. The van der Waals surface area contributed by atoms with Crippen molar-refractivity contribution in [2.75, 3.05) is 13.2 Å². The van der Waals surface area contributed by atoms with Gasteiger partial charge in [-0.3, -0.25) is 0 Å². The molecule has 1 fully saturated rings. The van der Waals surface area contributed by atoms with Gasteiger partial charge in [0.25, 0.3) is 0 Å². The molecule has 22 heavy (non-hydrogen) atoms. The van der Waals surface area contributed by atoms with Crippen LogP contribution in [0, 0.1) is 20.8 Å². The van der Waals surface area contributed by atoms with Gasteiger partial charge in [-0.05, 0) is 63.1 Å². The molecule has 0 spiro atoms. The van der Waals surface area contributed by atoms with Crippen molar-refractivity contribution in [1.29, 1.82) is 0 Å². The highest BCUT2D eigenvalue weighted by atomic mass is 16.5. The first kappa shape index (κ1) is 17.3. The molecule has 1 aliphatic carbocycles. The molecule has 1 aromatic carbocycles. The van der Waals surface area contributed by atoms with E-state index in [1.165, 1.54) is 5.56 Å². The summed E-state index contributed by atoms with van der Waals surface area (Å²) in [6.45, 7) is 6.98. The van der Waals surface area contributed by atoms with Gasteiger partial charge >= 0.3 is 0 Å². The summed E-state index contributed by atoms with van der Waals surface area (Å²) in [5, 5.41) is 23.0. The molecule has 0 radical (unpaired) electrons. The number of hydrogen-bond acceptors (Lipinski definition) is 4. The molecule has 1 saturated carbocycles. The van der Waals surface area contributed by atoms with Crippen LogP contribution in [0.4, 0.5) is 0 Å². The van der Waals surface area contributed by atoms with Crippen LogP contribution < -0.4 is 10.1 Å². The first-order chi connectivity index (χ1) is 10.5. The van der Waals surface area contributed by atoms with Crippen molar-refractivity contribution >= 4 is 0 Å². The maximum atomic E-state index is 10.1. The normalized spacial score (nSPS) is 23.3. The molecule has 0 unspecified atom stereocenters. The largest absolute Gasteiger partial charge is 0.490 e. The van der Waals surface area contributed by atoms with Gasteiger partial charge in [0.1, 0.15) is 18.5 Å². The van der Waals surface area contributed by atoms with Crippen LogP contribution in [0.3, 0.4) is 0 Å². The van der Waals surface area contributed by atoms with E-state index < -0.39 is 6.10 Å². The number of aryl methyl sites for hydroxylation is 2. The average Bonchev–Trinajstić information content (AvgIpc) is 2.50. The summed E-state index contributed by atoms with van der Waals surface area (Å²) in [7, 11) is 0. The Morgan fingerprint density at radius 1 is 1.14 bits per heavy atom. The minimum atomic E-state index is -0.522. The van der Waals surface area contributed by atoms with Gasteiger partial charge in [0, 0.05) is 12.6 Å². The third-order valence-corrected chi connectivity index (χ3v) is 4.63. The van der Waals surface area contributed by atoms with Gasteiger partial charge < -0.3 is 20.3 Å². The molecule has 0 aliphatic heterocycles. The lowest BCUT2D eigenvalue weighted by Crippen LogP contribution is -2.40. The summed E-state index contributed by atoms with van der Waals surface area (Å²) in [5.74, 6) is 0.889. The van der Waals surface area contributed by atoms with Crippen molar-refractivity contribution in [1.82, 2.24) is 5.32 Å². The minimum Gasteiger partial charge on any atom is -0.490 e. The van der Waals surface area contributed by atoms with Crippen LogP contribution in [0.25, 0.3) is 0 Å². The van der Waals surface area contributed by atoms with E-state index >= 15 is 0 Å². The third kappa shape index (κ3) is 4.70. The Hall–Kier alpha value is -1.10. The highest BCUT2D eigenvalue weighted by Crippen LogP contribution is 2.25. The number of aliphatic hydroxyl groups is 2. The number of benzene rings is 1. The third-order valence-electron chi connectivity index (χ3n) is 4.63. The topological polar surface area (TPSA) is 61.7 Å². The van der Waals surface area contributed by atoms with Gasteiger partial charge in [-0.2, -0.15) is 0 Å². The van der Waals surface area contributed by atoms with E-state index in [-0.39, 0.29) is 6.10 Å². The summed E-state index contributed by atoms with van der Waals surface area (Å²) < 4.78 is 5.84. The fourth-order valence-electron chi connectivity index (χ4n) is 2.97. The van der Waals surface area contributed by atoms with Crippen molar-refractivity contribution in [3.05, 3.63) is 28.8 Å². The van der Waals surface area contributed by atoms with E-state index in [0.717, 1.165) is 42.6 Å². The number of rotatable bonds is 6. The molecule has 4 heteroatoms. The minimum absolute atomic E-state index is 0.140. The van der Waals surface area contributed by atoms with Crippen LogP contribution in [0.5, 0.6) is 5.75 Å². The molecule has 0 aromatic heterocycles. The van der Waals surface area contributed by atoms with Crippen LogP contribution in [0.1, 0.15) is 42.4 Å². The number of nitrogens with one attached hydrogen (secondary N) is 1. The number of ether oxygens (including phenoxy) is 1. The Bertz CT molecular complexity index is 481. The van der Waals surface area contributed by atoms with Crippen molar-refractivity contribution in [3.8, 4) is 5.75 Å². The Labute approximate surface area is 133 Å². The van der Waals surface area contributed by atoms with Crippen molar-refractivity contribution in [2.45, 2.75) is 64.7 Å².